The molecule has 116 valence electrons. The number of nitrogens with one attached hydrogen (secondary N) is 3. The summed E-state index contributed by atoms with van der Waals surface area (Å²) in [6.07, 6.45) is 0. The molecule has 0 aliphatic heterocycles. The summed E-state index contributed by atoms with van der Waals surface area (Å²) in [4.78, 5) is 2.41. The molecule has 0 amide bonds. The molecule has 0 aliphatic rings. The van der Waals surface area contributed by atoms with Crippen molar-refractivity contribution in [2.24, 2.45) is 0 Å². The maximum absolute atomic E-state index is 12.1. The Hall–Kier alpha value is -1.96. The van der Waals surface area contributed by atoms with Crippen molar-refractivity contribution in [3.05, 3.63) is 59.7 Å². The average Bonchev–Trinajstić information content (AvgIpc) is 2.48. The first-order chi connectivity index (χ1) is 10.4. The first kappa shape index (κ1) is 16.4. The predicted molar refractivity (Wildman–Crippen MR) is 92.0 cm³/mol. The van der Waals surface area contributed by atoms with Crippen LogP contribution in [0.25, 0.3) is 0 Å². The number of hydrogen-bond donors (Lipinski definition) is 3. The van der Waals surface area contributed by atoms with Gasteiger partial charge in [0.25, 0.3) is 10.0 Å². The fourth-order valence-electron chi connectivity index (χ4n) is 1.69. The van der Waals surface area contributed by atoms with E-state index >= 15 is 0 Å². The Balaban J connectivity index is 1.95. The van der Waals surface area contributed by atoms with E-state index in [0.717, 1.165) is 16.8 Å². The molecule has 0 aromatic heterocycles. The summed E-state index contributed by atoms with van der Waals surface area (Å²) in [5.41, 5.74) is 5.38. The maximum atomic E-state index is 12.1. The van der Waals surface area contributed by atoms with Crippen LogP contribution in [0.15, 0.2) is 53.4 Å². The number of benzene rings is 2. The molecule has 2 rings (SSSR count). The standard InChI is InChI=1S/C15H17N3O2S2/c1-11-3-7-13(8-4-11)16-15(21)17-18-22(19,20)14-9-5-12(2)6-10-14/h3-10,18H,1-2H3,(H2,16,17,21). The van der Waals surface area contributed by atoms with Crippen LogP contribution in [0.5, 0.6) is 0 Å². The summed E-state index contributed by atoms with van der Waals surface area (Å²) in [6, 6.07) is 14.1. The minimum atomic E-state index is -3.66. The van der Waals surface area contributed by atoms with Gasteiger partial charge in [-0.1, -0.05) is 35.4 Å². The van der Waals surface area contributed by atoms with Gasteiger partial charge in [-0.25, -0.2) is 8.42 Å². The summed E-state index contributed by atoms with van der Waals surface area (Å²) >= 11 is 5.06. The quantitative estimate of drug-likeness (QED) is 0.591. The van der Waals surface area contributed by atoms with E-state index < -0.39 is 10.0 Å². The van der Waals surface area contributed by atoms with Crippen molar-refractivity contribution in [3.63, 3.8) is 0 Å². The highest BCUT2D eigenvalue weighted by molar-refractivity contribution is 7.89. The van der Waals surface area contributed by atoms with Crippen molar-refractivity contribution in [1.29, 1.82) is 0 Å². The van der Waals surface area contributed by atoms with Crippen LogP contribution in [-0.2, 0) is 10.0 Å². The smallest absolute Gasteiger partial charge is 0.257 e. The van der Waals surface area contributed by atoms with Gasteiger partial charge in [-0.3, -0.25) is 5.43 Å². The first-order valence-corrected chi connectivity index (χ1v) is 8.48. The van der Waals surface area contributed by atoms with E-state index in [0.29, 0.717) is 0 Å². The highest BCUT2D eigenvalue weighted by Crippen LogP contribution is 2.10. The Morgan fingerprint density at radius 3 is 1.95 bits per heavy atom. The van der Waals surface area contributed by atoms with Gasteiger partial charge in [-0.15, -0.1) is 4.83 Å². The van der Waals surface area contributed by atoms with Crippen molar-refractivity contribution >= 4 is 33.0 Å². The molecule has 0 fully saturated rings. The molecule has 0 unspecified atom stereocenters. The van der Waals surface area contributed by atoms with E-state index in [9.17, 15) is 8.42 Å². The molecule has 0 heterocycles. The Labute approximate surface area is 135 Å². The van der Waals surface area contributed by atoms with Crippen LogP contribution in [0.3, 0.4) is 0 Å². The molecule has 2 aromatic rings. The lowest BCUT2D eigenvalue weighted by molar-refractivity contribution is 0.578. The van der Waals surface area contributed by atoms with Gasteiger partial charge in [0.2, 0.25) is 0 Å². The van der Waals surface area contributed by atoms with E-state index in [-0.39, 0.29) is 10.0 Å². The summed E-state index contributed by atoms with van der Waals surface area (Å²) in [7, 11) is -3.66. The summed E-state index contributed by atoms with van der Waals surface area (Å²) < 4.78 is 24.2. The molecule has 0 atom stereocenters. The third-order valence-corrected chi connectivity index (χ3v) is 4.41. The number of rotatable bonds is 4. The fraction of sp³-hybridized carbons (Fsp3) is 0.133. The molecule has 0 bridgehead atoms. The molecular weight excluding hydrogens is 318 g/mol. The molecule has 0 spiro atoms. The van der Waals surface area contributed by atoms with Gasteiger partial charge in [0.15, 0.2) is 5.11 Å². The lowest BCUT2D eigenvalue weighted by Crippen LogP contribution is -2.43. The molecule has 5 nitrogen and oxygen atoms in total. The zero-order valence-electron chi connectivity index (χ0n) is 12.3. The molecule has 3 N–H and O–H groups in total. The average molecular weight is 335 g/mol. The summed E-state index contributed by atoms with van der Waals surface area (Å²) in [5, 5.41) is 3.06. The normalized spacial score (nSPS) is 11.0. The van der Waals surface area contributed by atoms with Gasteiger partial charge in [0, 0.05) is 5.69 Å². The maximum Gasteiger partial charge on any atom is 0.257 e. The first-order valence-electron chi connectivity index (χ1n) is 6.59. The minimum Gasteiger partial charge on any atom is -0.332 e. The number of thiocarbonyl (C=S) groups is 1. The Bertz CT molecular complexity index is 754. The molecule has 22 heavy (non-hydrogen) atoms. The second kappa shape index (κ2) is 6.87. The van der Waals surface area contributed by atoms with Crippen LogP contribution in [0.2, 0.25) is 0 Å². The lowest BCUT2D eigenvalue weighted by Gasteiger charge is -2.12. The van der Waals surface area contributed by atoms with E-state index in [2.05, 4.69) is 15.6 Å². The SMILES string of the molecule is Cc1ccc(NC(=S)NNS(=O)(=O)c2ccc(C)cc2)cc1. The van der Waals surface area contributed by atoms with Crippen LogP contribution in [0, 0.1) is 13.8 Å². The molecule has 0 radical (unpaired) electrons. The Kier molecular flexibility index (Phi) is 5.12. The zero-order chi connectivity index (χ0) is 16.2. The molecule has 7 heteroatoms. The van der Waals surface area contributed by atoms with Crippen molar-refractivity contribution in [2.75, 3.05) is 5.32 Å². The summed E-state index contributed by atoms with van der Waals surface area (Å²) in [6.45, 7) is 3.87. The number of hydrazine groups is 1. The molecule has 2 aromatic carbocycles. The third kappa shape index (κ3) is 4.52. The fourth-order valence-corrected chi connectivity index (χ4v) is 2.77. The van der Waals surface area contributed by atoms with Crippen molar-refractivity contribution in [3.8, 4) is 0 Å². The Morgan fingerprint density at radius 1 is 0.909 bits per heavy atom. The highest BCUT2D eigenvalue weighted by Gasteiger charge is 2.13. The second-order valence-corrected chi connectivity index (χ2v) is 6.95. The van der Waals surface area contributed by atoms with E-state index in [1.807, 2.05) is 38.1 Å². The largest absolute Gasteiger partial charge is 0.332 e. The third-order valence-electron chi connectivity index (χ3n) is 2.94. The zero-order valence-corrected chi connectivity index (χ0v) is 13.9. The van der Waals surface area contributed by atoms with Crippen LogP contribution < -0.4 is 15.6 Å². The van der Waals surface area contributed by atoms with E-state index in [4.69, 9.17) is 12.2 Å². The van der Waals surface area contributed by atoms with Crippen LogP contribution in [-0.4, -0.2) is 13.5 Å². The monoisotopic (exact) mass is 335 g/mol. The molecule has 0 saturated heterocycles. The number of aryl methyl sites for hydroxylation is 2. The number of anilines is 1. The highest BCUT2D eigenvalue weighted by atomic mass is 32.2. The topological polar surface area (TPSA) is 70.2 Å². The van der Waals surface area contributed by atoms with Gasteiger partial charge in [-0.05, 0) is 50.3 Å². The predicted octanol–water partition coefficient (Wildman–Crippen LogP) is 2.48. The van der Waals surface area contributed by atoms with Crippen LogP contribution >= 0.6 is 12.2 Å². The molecule has 0 saturated carbocycles. The van der Waals surface area contributed by atoms with Crippen molar-refractivity contribution < 1.29 is 8.42 Å². The van der Waals surface area contributed by atoms with Gasteiger partial charge in [0.1, 0.15) is 0 Å². The van der Waals surface area contributed by atoms with E-state index in [1.54, 1.807) is 12.1 Å². The minimum absolute atomic E-state index is 0.166. The van der Waals surface area contributed by atoms with Crippen LogP contribution in [0.4, 0.5) is 5.69 Å². The van der Waals surface area contributed by atoms with Crippen molar-refractivity contribution in [1.82, 2.24) is 10.3 Å². The van der Waals surface area contributed by atoms with Gasteiger partial charge in [0.05, 0.1) is 4.90 Å². The second-order valence-electron chi connectivity index (χ2n) is 4.86. The van der Waals surface area contributed by atoms with Gasteiger partial charge < -0.3 is 5.32 Å². The van der Waals surface area contributed by atoms with E-state index in [1.165, 1.54) is 12.1 Å². The lowest BCUT2D eigenvalue weighted by atomic mass is 10.2. The van der Waals surface area contributed by atoms with Gasteiger partial charge >= 0.3 is 0 Å². The van der Waals surface area contributed by atoms with Crippen LogP contribution in [0.1, 0.15) is 11.1 Å². The summed E-state index contributed by atoms with van der Waals surface area (Å²) in [5.74, 6) is 0. The molecular formula is C15H17N3O2S2. The Morgan fingerprint density at radius 2 is 1.41 bits per heavy atom. The number of sulfonamides is 1. The number of hydrogen-bond acceptors (Lipinski definition) is 3. The van der Waals surface area contributed by atoms with Gasteiger partial charge in [-0.2, -0.15) is 0 Å². The molecule has 0 aliphatic carbocycles. The van der Waals surface area contributed by atoms with Crippen molar-refractivity contribution in [2.45, 2.75) is 18.7 Å².